The number of nitrogens with zero attached hydrogens (tertiary/aromatic N) is 1. The van der Waals surface area contributed by atoms with Gasteiger partial charge in [-0.25, -0.2) is 0 Å². The van der Waals surface area contributed by atoms with Crippen LogP contribution in [-0.2, 0) is 0 Å². The molecule has 11 aromatic rings. The van der Waals surface area contributed by atoms with E-state index in [0.29, 0.717) is 0 Å². The Hall–Kier alpha value is -6.68. The number of benzene rings is 9. The molecule has 0 radical (unpaired) electrons. The number of thiophene rings is 1. The highest BCUT2D eigenvalue weighted by Gasteiger charge is 2.19. The molecule has 248 valence electrons. The molecule has 0 saturated carbocycles. The summed E-state index contributed by atoms with van der Waals surface area (Å²) >= 11 is 1.88. The van der Waals surface area contributed by atoms with Crippen LogP contribution in [0.2, 0.25) is 0 Å². The predicted octanol–water partition coefficient (Wildman–Crippen LogP) is 15.1. The second-order valence-electron chi connectivity index (χ2n) is 13.7. The molecule has 0 atom stereocenters. The van der Waals surface area contributed by atoms with Gasteiger partial charge >= 0.3 is 0 Å². The number of hydrogen-bond acceptors (Lipinski definition) is 3. The van der Waals surface area contributed by atoms with E-state index in [4.69, 9.17) is 4.42 Å². The largest absolute Gasteiger partial charge is 0.455 e. The standard InChI is InChI=1S/C50H31NOS/c1-2-13-36(14-3-1)51(38-27-23-32-11-4-5-12-34(32)29-38)37-25-21-33(22-26-37)35-24-28-40-46-31-45(39-15-6-7-17-42(39)49(46)52-47(40)30-35)44-19-10-18-43-41-16-8-9-20-48(41)53-50(43)44/h1-31H. The Labute approximate surface area is 310 Å². The molecule has 2 heterocycles. The van der Waals surface area contributed by atoms with Crippen LogP contribution >= 0.6 is 11.3 Å². The van der Waals surface area contributed by atoms with Crippen LogP contribution in [0.15, 0.2) is 192 Å². The molecule has 2 aromatic heterocycles. The maximum Gasteiger partial charge on any atom is 0.143 e. The number of para-hydroxylation sites is 1. The van der Waals surface area contributed by atoms with Gasteiger partial charge in [0.05, 0.1) is 0 Å². The summed E-state index contributed by atoms with van der Waals surface area (Å²) in [5.41, 5.74) is 9.95. The molecular formula is C50H31NOS. The van der Waals surface area contributed by atoms with E-state index in [1.165, 1.54) is 47.5 Å². The van der Waals surface area contributed by atoms with E-state index in [2.05, 4.69) is 193 Å². The van der Waals surface area contributed by atoms with Crippen molar-refractivity contribution in [2.24, 2.45) is 0 Å². The molecule has 0 bridgehead atoms. The van der Waals surface area contributed by atoms with Crippen molar-refractivity contribution in [2.75, 3.05) is 4.90 Å². The molecule has 0 fully saturated rings. The highest BCUT2D eigenvalue weighted by Crippen LogP contribution is 2.45. The van der Waals surface area contributed by atoms with Crippen molar-refractivity contribution in [3.63, 3.8) is 0 Å². The van der Waals surface area contributed by atoms with E-state index >= 15 is 0 Å². The second-order valence-corrected chi connectivity index (χ2v) is 14.7. The van der Waals surface area contributed by atoms with Crippen molar-refractivity contribution < 1.29 is 4.42 Å². The lowest BCUT2D eigenvalue weighted by Gasteiger charge is -2.26. The maximum atomic E-state index is 6.76. The third-order valence-electron chi connectivity index (χ3n) is 10.6. The Kier molecular flexibility index (Phi) is 6.76. The molecule has 11 rings (SSSR count). The first kappa shape index (κ1) is 30.0. The zero-order valence-electron chi connectivity index (χ0n) is 28.7. The van der Waals surface area contributed by atoms with Gasteiger partial charge in [-0.2, -0.15) is 0 Å². The fraction of sp³-hybridized carbons (Fsp3) is 0. The SMILES string of the molecule is c1ccc(N(c2ccc(-c3ccc4c(c3)oc3c5ccccc5c(-c5cccc6c5sc5ccccc56)cc43)cc2)c2ccc3ccccc3c2)cc1. The Morgan fingerprint density at radius 2 is 1.06 bits per heavy atom. The quantitative estimate of drug-likeness (QED) is 0.178. The molecule has 0 unspecified atom stereocenters. The maximum absolute atomic E-state index is 6.76. The lowest BCUT2D eigenvalue weighted by atomic mass is 9.94. The first-order chi connectivity index (χ1) is 26.3. The number of fused-ring (bicyclic) bond motifs is 9. The summed E-state index contributed by atoms with van der Waals surface area (Å²) in [6.07, 6.45) is 0. The van der Waals surface area contributed by atoms with Crippen molar-refractivity contribution >= 4 is 92.1 Å². The number of furan rings is 1. The summed E-state index contributed by atoms with van der Waals surface area (Å²) in [6.45, 7) is 0. The highest BCUT2D eigenvalue weighted by molar-refractivity contribution is 7.26. The van der Waals surface area contributed by atoms with Crippen molar-refractivity contribution in [2.45, 2.75) is 0 Å². The van der Waals surface area contributed by atoms with Crippen molar-refractivity contribution in [3.05, 3.63) is 188 Å². The minimum Gasteiger partial charge on any atom is -0.455 e. The van der Waals surface area contributed by atoms with Gasteiger partial charge in [0.2, 0.25) is 0 Å². The average molecular weight is 694 g/mol. The molecule has 9 aromatic carbocycles. The summed E-state index contributed by atoms with van der Waals surface area (Å²) < 4.78 is 9.40. The van der Waals surface area contributed by atoms with Gasteiger partial charge in [-0.05, 0) is 93.5 Å². The van der Waals surface area contributed by atoms with Crippen LogP contribution < -0.4 is 4.90 Å². The van der Waals surface area contributed by atoms with Gasteiger partial charge in [-0.1, -0.05) is 127 Å². The molecule has 3 heteroatoms. The molecule has 0 aliphatic carbocycles. The van der Waals surface area contributed by atoms with Crippen LogP contribution in [-0.4, -0.2) is 0 Å². The third kappa shape index (κ3) is 4.86. The van der Waals surface area contributed by atoms with Gasteiger partial charge in [0.15, 0.2) is 0 Å². The van der Waals surface area contributed by atoms with Gasteiger partial charge in [-0.3, -0.25) is 0 Å². The first-order valence-corrected chi connectivity index (χ1v) is 18.8. The van der Waals surface area contributed by atoms with E-state index in [-0.39, 0.29) is 0 Å². The zero-order chi connectivity index (χ0) is 34.9. The van der Waals surface area contributed by atoms with Gasteiger partial charge in [0.1, 0.15) is 11.2 Å². The molecule has 0 saturated heterocycles. The zero-order valence-corrected chi connectivity index (χ0v) is 29.5. The van der Waals surface area contributed by atoms with Crippen LogP contribution in [0.3, 0.4) is 0 Å². The van der Waals surface area contributed by atoms with Crippen LogP contribution in [0.4, 0.5) is 17.1 Å². The van der Waals surface area contributed by atoms with E-state index in [9.17, 15) is 0 Å². The van der Waals surface area contributed by atoms with Gasteiger partial charge in [0.25, 0.3) is 0 Å². The molecular weight excluding hydrogens is 663 g/mol. The Balaban J connectivity index is 1.02. The molecule has 0 N–H and O–H groups in total. The fourth-order valence-electron chi connectivity index (χ4n) is 8.10. The Morgan fingerprint density at radius 3 is 1.92 bits per heavy atom. The van der Waals surface area contributed by atoms with E-state index in [0.717, 1.165) is 55.5 Å². The van der Waals surface area contributed by atoms with Crippen LogP contribution in [0, 0.1) is 0 Å². The van der Waals surface area contributed by atoms with Gasteiger partial charge < -0.3 is 9.32 Å². The Bertz CT molecular complexity index is 3170. The molecule has 2 nitrogen and oxygen atoms in total. The van der Waals surface area contributed by atoms with Crippen LogP contribution in [0.25, 0.3) is 85.9 Å². The highest BCUT2D eigenvalue weighted by atomic mass is 32.1. The molecule has 0 aliphatic rings. The lowest BCUT2D eigenvalue weighted by Crippen LogP contribution is -2.09. The number of hydrogen-bond donors (Lipinski definition) is 0. The summed E-state index contributed by atoms with van der Waals surface area (Å²) in [7, 11) is 0. The minimum absolute atomic E-state index is 0.894. The number of rotatable bonds is 5. The van der Waals surface area contributed by atoms with E-state index in [1.54, 1.807) is 0 Å². The van der Waals surface area contributed by atoms with E-state index in [1.807, 2.05) is 11.3 Å². The smallest absolute Gasteiger partial charge is 0.143 e. The summed E-state index contributed by atoms with van der Waals surface area (Å²) in [5.74, 6) is 0. The van der Waals surface area contributed by atoms with Crippen LogP contribution in [0.5, 0.6) is 0 Å². The second kappa shape index (κ2) is 11.9. The minimum atomic E-state index is 0.894. The van der Waals surface area contributed by atoms with Gasteiger partial charge in [0, 0.05) is 59.0 Å². The molecule has 0 spiro atoms. The lowest BCUT2D eigenvalue weighted by molar-refractivity contribution is 0.673. The topological polar surface area (TPSA) is 16.4 Å². The summed E-state index contributed by atoms with van der Waals surface area (Å²) in [5, 5.41) is 9.69. The third-order valence-corrected chi connectivity index (χ3v) is 11.9. The molecule has 0 aliphatic heterocycles. The van der Waals surface area contributed by atoms with Gasteiger partial charge in [-0.15, -0.1) is 11.3 Å². The van der Waals surface area contributed by atoms with Crippen molar-refractivity contribution in [1.29, 1.82) is 0 Å². The summed E-state index contributed by atoms with van der Waals surface area (Å²) in [4.78, 5) is 2.32. The summed E-state index contributed by atoms with van der Waals surface area (Å²) in [6, 6.07) is 67.8. The predicted molar refractivity (Wildman–Crippen MR) is 227 cm³/mol. The fourth-order valence-corrected chi connectivity index (χ4v) is 9.33. The normalized spacial score (nSPS) is 11.8. The first-order valence-electron chi connectivity index (χ1n) is 18.0. The Morgan fingerprint density at radius 1 is 0.377 bits per heavy atom. The van der Waals surface area contributed by atoms with Crippen LogP contribution in [0.1, 0.15) is 0 Å². The van der Waals surface area contributed by atoms with E-state index < -0.39 is 0 Å². The van der Waals surface area contributed by atoms with Crippen molar-refractivity contribution in [3.8, 4) is 22.3 Å². The molecule has 53 heavy (non-hydrogen) atoms. The average Bonchev–Trinajstić information content (AvgIpc) is 3.80. The molecule has 0 amide bonds. The van der Waals surface area contributed by atoms with Crippen molar-refractivity contribution in [1.82, 2.24) is 0 Å². The monoisotopic (exact) mass is 693 g/mol. The number of anilines is 3.